The van der Waals surface area contributed by atoms with Gasteiger partial charge in [0.05, 0.1) is 19.2 Å². The van der Waals surface area contributed by atoms with Crippen molar-refractivity contribution >= 4 is 23.3 Å². The van der Waals surface area contributed by atoms with Crippen molar-refractivity contribution in [3.63, 3.8) is 0 Å². The number of amides is 1. The Labute approximate surface area is 175 Å². The summed E-state index contributed by atoms with van der Waals surface area (Å²) in [5, 5.41) is 3.24. The van der Waals surface area contributed by atoms with Gasteiger partial charge in [0.25, 0.3) is 0 Å². The van der Waals surface area contributed by atoms with E-state index in [2.05, 4.69) is 24.1 Å². The second-order valence-electron chi connectivity index (χ2n) is 7.09. The predicted molar refractivity (Wildman–Crippen MR) is 115 cm³/mol. The van der Waals surface area contributed by atoms with Gasteiger partial charge in [-0.25, -0.2) is 9.78 Å². The van der Waals surface area contributed by atoms with E-state index in [9.17, 15) is 9.59 Å². The Morgan fingerprint density at radius 1 is 1.20 bits per heavy atom. The third-order valence-electron chi connectivity index (χ3n) is 4.77. The van der Waals surface area contributed by atoms with Crippen LogP contribution in [0.25, 0.3) is 17.1 Å². The van der Waals surface area contributed by atoms with Crippen molar-refractivity contribution in [2.45, 2.75) is 33.6 Å². The molecule has 0 bridgehead atoms. The zero-order valence-corrected chi connectivity index (χ0v) is 17.9. The molecule has 0 aromatic carbocycles. The summed E-state index contributed by atoms with van der Waals surface area (Å²) in [6.45, 7) is 7.58. The fraction of sp³-hybridized carbons (Fsp3) is 0.409. The van der Waals surface area contributed by atoms with Crippen molar-refractivity contribution in [2.75, 3.05) is 32.1 Å². The lowest BCUT2D eigenvalue weighted by Gasteiger charge is -2.22. The molecule has 0 saturated heterocycles. The molecule has 3 aromatic heterocycles. The Bertz CT molecular complexity index is 1030. The number of esters is 1. The highest BCUT2D eigenvalue weighted by atomic mass is 16.5. The molecular formula is C22H28N4O4. The van der Waals surface area contributed by atoms with Gasteiger partial charge < -0.3 is 19.4 Å². The van der Waals surface area contributed by atoms with E-state index in [1.807, 2.05) is 24.0 Å². The SMILES string of the molecule is CCCN(CCC)C(=O)CNc1c(-c2ccc(C)o2)nc2cc(C(=O)OC)ccn12. The molecule has 0 fully saturated rings. The van der Waals surface area contributed by atoms with Crippen molar-refractivity contribution < 1.29 is 18.7 Å². The maximum absolute atomic E-state index is 12.7. The maximum Gasteiger partial charge on any atom is 0.338 e. The fourth-order valence-electron chi connectivity index (χ4n) is 3.36. The molecule has 3 aromatic rings. The van der Waals surface area contributed by atoms with Gasteiger partial charge in [-0.3, -0.25) is 9.20 Å². The number of nitrogens with zero attached hydrogens (tertiary/aromatic N) is 3. The minimum atomic E-state index is -0.435. The van der Waals surface area contributed by atoms with Crippen LogP contribution >= 0.6 is 0 Å². The number of pyridine rings is 1. The van der Waals surface area contributed by atoms with E-state index in [1.165, 1.54) is 7.11 Å². The molecule has 30 heavy (non-hydrogen) atoms. The summed E-state index contributed by atoms with van der Waals surface area (Å²) in [7, 11) is 1.34. The summed E-state index contributed by atoms with van der Waals surface area (Å²) in [4.78, 5) is 31.1. The first-order chi connectivity index (χ1) is 14.5. The lowest BCUT2D eigenvalue weighted by Crippen LogP contribution is -2.36. The Hall–Kier alpha value is -3.29. The van der Waals surface area contributed by atoms with Crippen LogP contribution in [0, 0.1) is 6.92 Å². The smallest absolute Gasteiger partial charge is 0.338 e. The molecule has 0 unspecified atom stereocenters. The Morgan fingerprint density at radius 2 is 1.93 bits per heavy atom. The monoisotopic (exact) mass is 412 g/mol. The van der Waals surface area contributed by atoms with E-state index < -0.39 is 5.97 Å². The molecule has 1 N–H and O–H groups in total. The van der Waals surface area contributed by atoms with Gasteiger partial charge >= 0.3 is 5.97 Å². The van der Waals surface area contributed by atoms with E-state index in [0.717, 1.165) is 31.7 Å². The molecule has 0 aliphatic carbocycles. The topological polar surface area (TPSA) is 89.1 Å². The number of carbonyl (C=O) groups is 2. The van der Waals surface area contributed by atoms with Gasteiger partial charge in [-0.05, 0) is 44.0 Å². The zero-order valence-electron chi connectivity index (χ0n) is 17.9. The molecule has 0 saturated carbocycles. The van der Waals surface area contributed by atoms with E-state index in [-0.39, 0.29) is 12.5 Å². The van der Waals surface area contributed by atoms with Crippen molar-refractivity contribution in [1.82, 2.24) is 14.3 Å². The van der Waals surface area contributed by atoms with Gasteiger partial charge in [-0.15, -0.1) is 0 Å². The number of rotatable bonds is 9. The molecule has 0 atom stereocenters. The van der Waals surface area contributed by atoms with Gasteiger partial charge in [0.15, 0.2) is 5.76 Å². The van der Waals surface area contributed by atoms with E-state index in [4.69, 9.17) is 9.15 Å². The summed E-state index contributed by atoms with van der Waals surface area (Å²) in [6.07, 6.45) is 3.56. The highest BCUT2D eigenvalue weighted by Crippen LogP contribution is 2.30. The predicted octanol–water partition coefficient (Wildman–Crippen LogP) is 3.75. The third-order valence-corrected chi connectivity index (χ3v) is 4.77. The number of methoxy groups -OCH3 is 1. The number of furan rings is 1. The van der Waals surface area contributed by atoms with Crippen molar-refractivity contribution in [1.29, 1.82) is 0 Å². The highest BCUT2D eigenvalue weighted by molar-refractivity contribution is 5.91. The zero-order chi connectivity index (χ0) is 21.7. The summed E-state index contributed by atoms with van der Waals surface area (Å²) >= 11 is 0. The standard InChI is InChI=1S/C22H28N4O4/c1-5-10-25(11-6-2)19(27)14-23-21-20(17-8-7-15(3)30-17)24-18-13-16(22(28)29-4)9-12-26(18)21/h7-9,12-13,23H,5-6,10-11,14H2,1-4H3. The summed E-state index contributed by atoms with van der Waals surface area (Å²) in [5.74, 6) is 1.58. The minimum absolute atomic E-state index is 0.0291. The third kappa shape index (κ3) is 4.48. The van der Waals surface area contributed by atoms with Crippen LogP contribution in [0.5, 0.6) is 0 Å². The molecule has 160 valence electrons. The van der Waals surface area contributed by atoms with Crippen LogP contribution < -0.4 is 5.32 Å². The van der Waals surface area contributed by atoms with Crippen LogP contribution in [0.2, 0.25) is 0 Å². The van der Waals surface area contributed by atoms with E-state index >= 15 is 0 Å². The Kier molecular flexibility index (Phi) is 6.76. The van der Waals surface area contributed by atoms with E-state index in [0.29, 0.717) is 28.5 Å². The maximum atomic E-state index is 12.7. The molecule has 8 heteroatoms. The summed E-state index contributed by atoms with van der Waals surface area (Å²) in [6, 6.07) is 7.01. The van der Waals surface area contributed by atoms with Gasteiger partial charge in [-0.1, -0.05) is 13.8 Å². The molecule has 8 nitrogen and oxygen atoms in total. The number of aryl methyl sites for hydroxylation is 1. The number of fused-ring (bicyclic) bond motifs is 1. The van der Waals surface area contributed by atoms with Crippen LogP contribution in [0.4, 0.5) is 5.82 Å². The number of imidazole rings is 1. The Balaban J connectivity index is 1.96. The lowest BCUT2D eigenvalue weighted by molar-refractivity contribution is -0.129. The molecule has 0 aliphatic rings. The van der Waals surface area contributed by atoms with Gasteiger partial charge in [-0.2, -0.15) is 0 Å². The minimum Gasteiger partial charge on any atom is -0.465 e. The van der Waals surface area contributed by atoms with Gasteiger partial charge in [0.2, 0.25) is 5.91 Å². The number of hydrogen-bond acceptors (Lipinski definition) is 6. The largest absolute Gasteiger partial charge is 0.465 e. The fourth-order valence-corrected chi connectivity index (χ4v) is 3.36. The second-order valence-corrected chi connectivity index (χ2v) is 7.09. The molecule has 0 radical (unpaired) electrons. The number of carbonyl (C=O) groups excluding carboxylic acids is 2. The first-order valence-corrected chi connectivity index (χ1v) is 10.2. The van der Waals surface area contributed by atoms with E-state index in [1.54, 1.807) is 22.7 Å². The second kappa shape index (κ2) is 9.47. The van der Waals surface area contributed by atoms with Crippen LogP contribution in [0.15, 0.2) is 34.9 Å². The Morgan fingerprint density at radius 3 is 2.53 bits per heavy atom. The summed E-state index contributed by atoms with van der Waals surface area (Å²) in [5.41, 5.74) is 1.53. The molecular weight excluding hydrogens is 384 g/mol. The normalized spacial score (nSPS) is 10.9. The van der Waals surface area contributed by atoms with Crippen LogP contribution in [0.1, 0.15) is 42.8 Å². The quantitative estimate of drug-likeness (QED) is 0.539. The summed E-state index contributed by atoms with van der Waals surface area (Å²) < 4.78 is 12.4. The first kappa shape index (κ1) is 21.4. The average Bonchev–Trinajstić information content (AvgIpc) is 3.33. The van der Waals surface area contributed by atoms with Crippen molar-refractivity contribution in [3.05, 3.63) is 41.8 Å². The van der Waals surface area contributed by atoms with Gasteiger partial charge in [0.1, 0.15) is 22.9 Å². The molecule has 0 aliphatic heterocycles. The van der Waals surface area contributed by atoms with Crippen molar-refractivity contribution in [3.8, 4) is 11.5 Å². The van der Waals surface area contributed by atoms with Crippen LogP contribution in [-0.4, -0.2) is 52.9 Å². The molecule has 3 heterocycles. The number of nitrogens with one attached hydrogen (secondary N) is 1. The molecule has 1 amide bonds. The van der Waals surface area contributed by atoms with Gasteiger partial charge in [0, 0.05) is 19.3 Å². The number of aromatic nitrogens is 2. The molecule has 3 rings (SSSR count). The van der Waals surface area contributed by atoms with Crippen LogP contribution in [0.3, 0.4) is 0 Å². The lowest BCUT2D eigenvalue weighted by atomic mass is 10.3. The van der Waals surface area contributed by atoms with Crippen LogP contribution in [-0.2, 0) is 9.53 Å². The number of anilines is 1. The first-order valence-electron chi connectivity index (χ1n) is 10.2. The number of ether oxygens (including phenoxy) is 1. The average molecular weight is 412 g/mol. The molecule has 0 spiro atoms. The highest BCUT2D eigenvalue weighted by Gasteiger charge is 2.20. The van der Waals surface area contributed by atoms with Crippen molar-refractivity contribution in [2.24, 2.45) is 0 Å². The number of hydrogen-bond donors (Lipinski definition) is 1.